The number of nitrogens with zero attached hydrogens (tertiary/aromatic N) is 4. The molecule has 1 aromatic rings. The molecule has 1 aliphatic heterocycles. The maximum atomic E-state index is 8.99. The van der Waals surface area contributed by atoms with Crippen molar-refractivity contribution in [3.05, 3.63) is 22.8 Å². The van der Waals surface area contributed by atoms with Crippen molar-refractivity contribution in [1.29, 1.82) is 5.26 Å². The second kappa shape index (κ2) is 6.23. The van der Waals surface area contributed by atoms with E-state index in [2.05, 4.69) is 27.9 Å². The number of likely N-dealkylation sites (tertiary alicyclic amines) is 1. The highest BCUT2D eigenvalue weighted by Gasteiger charge is 2.20. The average Bonchev–Trinajstić information content (AvgIpc) is 2.41. The Morgan fingerprint density at radius 1 is 1.53 bits per heavy atom. The summed E-state index contributed by atoms with van der Waals surface area (Å²) in [6.07, 6.45) is 4.05. The van der Waals surface area contributed by atoms with E-state index < -0.39 is 0 Å². The molecule has 1 fully saturated rings. The van der Waals surface area contributed by atoms with E-state index in [1.54, 1.807) is 12.3 Å². The summed E-state index contributed by atoms with van der Waals surface area (Å²) in [6.45, 7) is 3.24. The van der Waals surface area contributed by atoms with Crippen molar-refractivity contribution in [2.75, 3.05) is 38.6 Å². The molecule has 0 amide bonds. The van der Waals surface area contributed by atoms with Crippen molar-refractivity contribution in [3.63, 3.8) is 0 Å². The summed E-state index contributed by atoms with van der Waals surface area (Å²) in [7, 11) is 4.16. The van der Waals surface area contributed by atoms with Gasteiger partial charge in [0.2, 0.25) is 0 Å². The molecule has 0 N–H and O–H groups in total. The van der Waals surface area contributed by atoms with E-state index in [0.717, 1.165) is 19.6 Å². The van der Waals surface area contributed by atoms with Gasteiger partial charge in [0.25, 0.3) is 0 Å². The number of piperidine rings is 1. The van der Waals surface area contributed by atoms with E-state index >= 15 is 0 Å². The Morgan fingerprint density at radius 3 is 2.84 bits per heavy atom. The van der Waals surface area contributed by atoms with Gasteiger partial charge in [-0.1, -0.05) is 11.6 Å². The molecule has 4 nitrogen and oxygen atoms in total. The number of nitriles is 1. The molecule has 1 aromatic heterocycles. The Balaban J connectivity index is 2.04. The number of anilines is 1. The second-order valence-corrected chi connectivity index (χ2v) is 5.61. The van der Waals surface area contributed by atoms with Crippen LogP contribution < -0.4 is 4.90 Å². The molecule has 5 heteroatoms. The molecule has 0 aromatic carbocycles. The van der Waals surface area contributed by atoms with Crippen LogP contribution in [0.15, 0.2) is 12.3 Å². The molecular weight excluding hydrogens is 260 g/mol. The van der Waals surface area contributed by atoms with Crippen molar-refractivity contribution < 1.29 is 0 Å². The van der Waals surface area contributed by atoms with Crippen LogP contribution in [-0.4, -0.2) is 43.6 Å². The highest BCUT2D eigenvalue weighted by atomic mass is 35.5. The van der Waals surface area contributed by atoms with Gasteiger partial charge >= 0.3 is 0 Å². The molecule has 2 rings (SSSR count). The van der Waals surface area contributed by atoms with E-state index in [1.807, 2.05) is 7.05 Å². The maximum Gasteiger partial charge on any atom is 0.148 e. The fourth-order valence-electron chi connectivity index (χ4n) is 2.50. The molecule has 0 saturated carbocycles. The third-order valence-electron chi connectivity index (χ3n) is 3.72. The number of halogens is 1. The maximum absolute atomic E-state index is 8.99. The van der Waals surface area contributed by atoms with Gasteiger partial charge in [-0.3, -0.25) is 0 Å². The van der Waals surface area contributed by atoms with Gasteiger partial charge in [0.1, 0.15) is 16.9 Å². The lowest BCUT2D eigenvalue weighted by atomic mass is 9.97. The van der Waals surface area contributed by atoms with Gasteiger partial charge in [-0.05, 0) is 45.0 Å². The summed E-state index contributed by atoms with van der Waals surface area (Å²) in [5.74, 6) is 1.38. The molecular formula is C14H19ClN4. The first-order chi connectivity index (χ1) is 9.11. The third-order valence-corrected chi connectivity index (χ3v) is 4.10. The van der Waals surface area contributed by atoms with Crippen molar-refractivity contribution >= 4 is 17.4 Å². The Labute approximate surface area is 119 Å². The van der Waals surface area contributed by atoms with Gasteiger partial charge in [0, 0.05) is 19.8 Å². The molecule has 19 heavy (non-hydrogen) atoms. The first-order valence-electron chi connectivity index (χ1n) is 6.56. The second-order valence-electron chi connectivity index (χ2n) is 5.24. The zero-order valence-electron chi connectivity index (χ0n) is 11.4. The van der Waals surface area contributed by atoms with E-state index in [-0.39, 0.29) is 0 Å². The fourth-order valence-corrected chi connectivity index (χ4v) is 2.80. The molecule has 0 atom stereocenters. The topological polar surface area (TPSA) is 43.2 Å². The lowest BCUT2D eigenvalue weighted by molar-refractivity contribution is 0.222. The Hall–Kier alpha value is -1.31. The number of hydrogen-bond acceptors (Lipinski definition) is 4. The van der Waals surface area contributed by atoms with Crippen LogP contribution in [0.2, 0.25) is 5.02 Å². The molecule has 2 heterocycles. The van der Waals surface area contributed by atoms with Crippen LogP contribution in [0, 0.1) is 17.2 Å². The minimum absolute atomic E-state index is 0.459. The summed E-state index contributed by atoms with van der Waals surface area (Å²) < 4.78 is 0. The minimum Gasteiger partial charge on any atom is -0.358 e. The lowest BCUT2D eigenvalue weighted by Gasteiger charge is -2.32. The van der Waals surface area contributed by atoms with Crippen molar-refractivity contribution in [2.24, 2.45) is 5.92 Å². The zero-order chi connectivity index (χ0) is 13.8. The molecule has 0 unspecified atom stereocenters. The number of hydrogen-bond donors (Lipinski definition) is 0. The average molecular weight is 279 g/mol. The molecule has 102 valence electrons. The normalized spacial score (nSPS) is 17.2. The van der Waals surface area contributed by atoms with Crippen LogP contribution in [0.4, 0.5) is 5.82 Å². The number of pyridine rings is 1. The monoisotopic (exact) mass is 278 g/mol. The largest absolute Gasteiger partial charge is 0.358 e. The van der Waals surface area contributed by atoms with Gasteiger partial charge in [0.05, 0.1) is 5.56 Å². The standard InChI is InChI=1S/C14H19ClN4/c1-18-7-4-11(5-8-18)10-19(2)14-13(15)12(9-16)3-6-17-14/h3,6,11H,4-5,7-8,10H2,1-2H3. The highest BCUT2D eigenvalue weighted by Crippen LogP contribution is 2.27. The Bertz CT molecular complexity index is 475. The summed E-state index contributed by atoms with van der Waals surface area (Å²) >= 11 is 6.21. The summed E-state index contributed by atoms with van der Waals surface area (Å²) in [6, 6.07) is 3.74. The molecule has 0 radical (unpaired) electrons. The van der Waals surface area contributed by atoms with E-state index in [4.69, 9.17) is 16.9 Å². The van der Waals surface area contributed by atoms with E-state index in [1.165, 1.54) is 12.8 Å². The van der Waals surface area contributed by atoms with Crippen molar-refractivity contribution in [2.45, 2.75) is 12.8 Å². The first kappa shape index (κ1) is 14.1. The SMILES string of the molecule is CN1CCC(CN(C)c2nccc(C#N)c2Cl)CC1. The minimum atomic E-state index is 0.459. The molecule has 1 saturated heterocycles. The van der Waals surface area contributed by atoms with Gasteiger partial charge in [-0.15, -0.1) is 0 Å². The number of rotatable bonds is 3. The van der Waals surface area contributed by atoms with Gasteiger partial charge in [-0.2, -0.15) is 5.26 Å². The van der Waals surface area contributed by atoms with Crippen molar-refractivity contribution in [1.82, 2.24) is 9.88 Å². The van der Waals surface area contributed by atoms with Crippen LogP contribution in [0.1, 0.15) is 18.4 Å². The lowest BCUT2D eigenvalue weighted by Crippen LogP contribution is -2.36. The molecule has 0 aliphatic carbocycles. The highest BCUT2D eigenvalue weighted by molar-refractivity contribution is 6.34. The Kier molecular flexibility index (Phi) is 4.62. The fraction of sp³-hybridized carbons (Fsp3) is 0.571. The van der Waals surface area contributed by atoms with Gasteiger partial charge in [-0.25, -0.2) is 4.98 Å². The van der Waals surface area contributed by atoms with Crippen LogP contribution in [-0.2, 0) is 0 Å². The summed E-state index contributed by atoms with van der Waals surface area (Å²) in [5.41, 5.74) is 0.488. The van der Waals surface area contributed by atoms with Crippen molar-refractivity contribution in [3.8, 4) is 6.07 Å². The van der Waals surface area contributed by atoms with Crippen LogP contribution in [0.25, 0.3) is 0 Å². The van der Waals surface area contributed by atoms with Gasteiger partial charge in [0.15, 0.2) is 0 Å². The Morgan fingerprint density at radius 2 is 2.21 bits per heavy atom. The quantitative estimate of drug-likeness (QED) is 0.851. The predicted molar refractivity (Wildman–Crippen MR) is 77.5 cm³/mol. The molecule has 0 spiro atoms. The van der Waals surface area contributed by atoms with Crippen LogP contribution in [0.3, 0.4) is 0 Å². The first-order valence-corrected chi connectivity index (χ1v) is 6.94. The molecule has 0 bridgehead atoms. The third kappa shape index (κ3) is 3.37. The van der Waals surface area contributed by atoms with E-state index in [0.29, 0.717) is 22.3 Å². The predicted octanol–water partition coefficient (Wildman–Crippen LogP) is 2.38. The summed E-state index contributed by atoms with van der Waals surface area (Å²) in [4.78, 5) is 8.73. The van der Waals surface area contributed by atoms with E-state index in [9.17, 15) is 0 Å². The zero-order valence-corrected chi connectivity index (χ0v) is 12.2. The summed E-state index contributed by atoms with van der Waals surface area (Å²) in [5, 5.41) is 9.45. The smallest absolute Gasteiger partial charge is 0.148 e. The molecule has 1 aliphatic rings. The van der Waals surface area contributed by atoms with Gasteiger partial charge < -0.3 is 9.80 Å². The van der Waals surface area contributed by atoms with Crippen LogP contribution in [0.5, 0.6) is 0 Å². The van der Waals surface area contributed by atoms with Crippen LogP contribution >= 0.6 is 11.6 Å². The number of aromatic nitrogens is 1.